The van der Waals surface area contributed by atoms with Crippen molar-refractivity contribution in [1.82, 2.24) is 4.98 Å². The van der Waals surface area contributed by atoms with Crippen LogP contribution in [-0.2, 0) is 4.74 Å². The summed E-state index contributed by atoms with van der Waals surface area (Å²) in [4.78, 5) is 15.9. The summed E-state index contributed by atoms with van der Waals surface area (Å²) < 4.78 is 5.37. The van der Waals surface area contributed by atoms with E-state index in [1.54, 1.807) is 12.3 Å². The van der Waals surface area contributed by atoms with Gasteiger partial charge in [0.15, 0.2) is 0 Å². The highest BCUT2D eigenvalue weighted by atomic mass is 16.5. The Morgan fingerprint density at radius 1 is 1.39 bits per heavy atom. The number of carbonyl (C=O) groups is 1. The Hall–Kier alpha value is -1.64. The monoisotopic (exact) mass is 245 g/mol. The van der Waals surface area contributed by atoms with Crippen LogP contribution in [0, 0.1) is 18.8 Å². The van der Waals surface area contributed by atoms with Gasteiger partial charge >= 0.3 is 5.97 Å². The van der Waals surface area contributed by atoms with Gasteiger partial charge < -0.3 is 4.74 Å². The van der Waals surface area contributed by atoms with Crippen molar-refractivity contribution in [3.8, 4) is 0 Å². The molecular formula is C15H19NO2. The molecule has 2 unspecified atom stereocenters. The molecule has 1 aromatic rings. The van der Waals surface area contributed by atoms with Gasteiger partial charge in [0.2, 0.25) is 0 Å². The number of hydrogen-bond acceptors (Lipinski definition) is 3. The molecule has 0 fully saturated rings. The van der Waals surface area contributed by atoms with Crippen molar-refractivity contribution in [3.05, 3.63) is 41.7 Å². The van der Waals surface area contributed by atoms with Crippen LogP contribution in [0.5, 0.6) is 0 Å². The fourth-order valence-electron chi connectivity index (χ4n) is 2.09. The molecule has 96 valence electrons. The normalized spacial score (nSPS) is 22.8. The Morgan fingerprint density at radius 3 is 2.83 bits per heavy atom. The summed E-state index contributed by atoms with van der Waals surface area (Å²) in [5.41, 5.74) is 1.43. The Bertz CT molecular complexity index is 436. The van der Waals surface area contributed by atoms with Crippen molar-refractivity contribution in [1.29, 1.82) is 0 Å². The molecule has 3 heteroatoms. The minimum Gasteiger partial charge on any atom is -0.462 e. The fraction of sp³-hybridized carbons (Fsp3) is 0.467. The molecule has 0 saturated carbocycles. The van der Waals surface area contributed by atoms with E-state index in [9.17, 15) is 4.79 Å². The van der Waals surface area contributed by atoms with E-state index < -0.39 is 0 Å². The minimum absolute atomic E-state index is 0.274. The molecular weight excluding hydrogens is 226 g/mol. The summed E-state index contributed by atoms with van der Waals surface area (Å²) in [6, 6.07) is 3.58. The molecule has 1 aliphatic rings. The summed E-state index contributed by atoms with van der Waals surface area (Å²) in [6.07, 6.45) is 8.02. The first-order valence-corrected chi connectivity index (χ1v) is 6.41. The summed E-state index contributed by atoms with van der Waals surface area (Å²) in [5, 5.41) is 0. The highest BCUT2D eigenvalue weighted by Gasteiger charge is 2.20. The summed E-state index contributed by atoms with van der Waals surface area (Å²) >= 11 is 0. The van der Waals surface area contributed by atoms with Gasteiger partial charge in [-0.15, -0.1) is 0 Å². The topological polar surface area (TPSA) is 39.2 Å². The number of hydrogen-bond donors (Lipinski definition) is 0. The van der Waals surface area contributed by atoms with Crippen LogP contribution in [0.15, 0.2) is 30.5 Å². The van der Waals surface area contributed by atoms with Gasteiger partial charge in [-0.2, -0.15) is 0 Å². The van der Waals surface area contributed by atoms with E-state index in [-0.39, 0.29) is 5.97 Å². The highest BCUT2D eigenvalue weighted by Crippen LogP contribution is 2.25. The standard InChI is InChI=1S/C15H19NO2/c1-11-5-3-4-6-14(11)10-18-15(17)13-8-7-12(2)16-9-13/h3-4,7-9,11,14H,5-6,10H2,1-2H3. The van der Waals surface area contributed by atoms with E-state index in [2.05, 4.69) is 24.1 Å². The van der Waals surface area contributed by atoms with E-state index in [0.717, 1.165) is 18.5 Å². The Balaban J connectivity index is 1.88. The number of carbonyl (C=O) groups excluding carboxylic acids is 1. The lowest BCUT2D eigenvalue weighted by molar-refractivity contribution is 0.0395. The maximum absolute atomic E-state index is 11.8. The first kappa shape index (κ1) is 12.8. The molecule has 0 aliphatic heterocycles. The van der Waals surface area contributed by atoms with E-state index in [0.29, 0.717) is 24.0 Å². The SMILES string of the molecule is Cc1ccc(C(=O)OCC2CC=CCC2C)cn1. The summed E-state index contributed by atoms with van der Waals surface area (Å²) in [7, 11) is 0. The number of aromatic nitrogens is 1. The number of ether oxygens (including phenoxy) is 1. The molecule has 2 rings (SSSR count). The average molecular weight is 245 g/mol. The van der Waals surface area contributed by atoms with E-state index in [1.165, 1.54) is 0 Å². The summed E-state index contributed by atoms with van der Waals surface area (Å²) in [5.74, 6) is 0.751. The van der Waals surface area contributed by atoms with Crippen LogP contribution in [0.3, 0.4) is 0 Å². The lowest BCUT2D eigenvalue weighted by Crippen LogP contribution is -2.21. The Labute approximate surface area is 108 Å². The number of aryl methyl sites for hydroxylation is 1. The maximum Gasteiger partial charge on any atom is 0.339 e. The molecule has 0 saturated heterocycles. The molecule has 1 heterocycles. The quantitative estimate of drug-likeness (QED) is 0.606. The first-order valence-electron chi connectivity index (χ1n) is 6.41. The predicted octanol–water partition coefficient (Wildman–Crippen LogP) is 3.15. The molecule has 0 radical (unpaired) electrons. The molecule has 0 amide bonds. The molecule has 1 aromatic heterocycles. The van der Waals surface area contributed by atoms with Crippen LogP contribution < -0.4 is 0 Å². The highest BCUT2D eigenvalue weighted by molar-refractivity contribution is 5.88. The van der Waals surface area contributed by atoms with Crippen molar-refractivity contribution < 1.29 is 9.53 Å². The number of rotatable bonds is 3. The zero-order valence-electron chi connectivity index (χ0n) is 10.9. The lowest BCUT2D eigenvalue weighted by Gasteiger charge is -2.24. The fourth-order valence-corrected chi connectivity index (χ4v) is 2.09. The number of allylic oxidation sites excluding steroid dienone is 2. The van der Waals surface area contributed by atoms with Gasteiger partial charge in [0.1, 0.15) is 0 Å². The van der Waals surface area contributed by atoms with E-state index >= 15 is 0 Å². The molecule has 0 bridgehead atoms. The molecule has 0 spiro atoms. The van der Waals surface area contributed by atoms with E-state index in [1.807, 2.05) is 13.0 Å². The van der Waals surface area contributed by atoms with Gasteiger partial charge in [0.05, 0.1) is 12.2 Å². The summed E-state index contributed by atoms with van der Waals surface area (Å²) in [6.45, 7) is 4.60. The lowest BCUT2D eigenvalue weighted by atomic mass is 9.85. The number of nitrogens with zero attached hydrogens (tertiary/aromatic N) is 1. The Morgan fingerprint density at radius 2 is 2.17 bits per heavy atom. The minimum atomic E-state index is -0.274. The first-order chi connectivity index (χ1) is 8.66. The van der Waals surface area contributed by atoms with Crippen LogP contribution in [-0.4, -0.2) is 17.6 Å². The molecule has 0 aromatic carbocycles. The van der Waals surface area contributed by atoms with Crippen molar-refractivity contribution in [2.45, 2.75) is 26.7 Å². The van der Waals surface area contributed by atoms with Gasteiger partial charge in [-0.1, -0.05) is 19.1 Å². The second-order valence-corrected chi connectivity index (χ2v) is 4.97. The maximum atomic E-state index is 11.8. The van der Waals surface area contributed by atoms with Crippen molar-refractivity contribution >= 4 is 5.97 Å². The average Bonchev–Trinajstić information content (AvgIpc) is 2.38. The van der Waals surface area contributed by atoms with Crippen LogP contribution >= 0.6 is 0 Å². The predicted molar refractivity (Wildman–Crippen MR) is 70.3 cm³/mol. The van der Waals surface area contributed by atoms with Gasteiger partial charge in [0.25, 0.3) is 0 Å². The third-order valence-electron chi connectivity index (χ3n) is 3.49. The van der Waals surface area contributed by atoms with Gasteiger partial charge in [-0.25, -0.2) is 4.79 Å². The van der Waals surface area contributed by atoms with Gasteiger partial charge in [0, 0.05) is 11.9 Å². The van der Waals surface area contributed by atoms with E-state index in [4.69, 9.17) is 4.74 Å². The van der Waals surface area contributed by atoms with Crippen LogP contribution in [0.2, 0.25) is 0 Å². The Kier molecular flexibility index (Phi) is 4.13. The van der Waals surface area contributed by atoms with Gasteiger partial charge in [-0.3, -0.25) is 4.98 Å². The van der Waals surface area contributed by atoms with Crippen molar-refractivity contribution in [2.75, 3.05) is 6.61 Å². The molecule has 3 nitrogen and oxygen atoms in total. The molecule has 1 aliphatic carbocycles. The molecule has 2 atom stereocenters. The second-order valence-electron chi connectivity index (χ2n) is 4.97. The molecule has 0 N–H and O–H groups in total. The van der Waals surface area contributed by atoms with Gasteiger partial charge in [-0.05, 0) is 43.7 Å². The molecule has 18 heavy (non-hydrogen) atoms. The largest absolute Gasteiger partial charge is 0.462 e. The number of esters is 1. The zero-order valence-corrected chi connectivity index (χ0v) is 10.9. The van der Waals surface area contributed by atoms with Crippen LogP contribution in [0.1, 0.15) is 35.8 Å². The smallest absolute Gasteiger partial charge is 0.339 e. The third kappa shape index (κ3) is 3.19. The van der Waals surface area contributed by atoms with Crippen molar-refractivity contribution in [2.24, 2.45) is 11.8 Å². The van der Waals surface area contributed by atoms with Crippen LogP contribution in [0.4, 0.5) is 0 Å². The second kappa shape index (κ2) is 5.80. The van der Waals surface area contributed by atoms with Crippen molar-refractivity contribution in [3.63, 3.8) is 0 Å². The number of pyridine rings is 1. The third-order valence-corrected chi connectivity index (χ3v) is 3.49. The zero-order chi connectivity index (χ0) is 13.0. The van der Waals surface area contributed by atoms with Crippen LogP contribution in [0.25, 0.3) is 0 Å².